The highest BCUT2D eigenvalue weighted by Crippen LogP contribution is 2.29. The van der Waals surface area contributed by atoms with Gasteiger partial charge >= 0.3 is 0 Å². The molecule has 0 saturated heterocycles. The van der Waals surface area contributed by atoms with Crippen LogP contribution >= 0.6 is 0 Å². The number of fused-ring (bicyclic) bond motifs is 1. The van der Waals surface area contributed by atoms with Crippen molar-refractivity contribution in [2.75, 3.05) is 21.6 Å². The molecule has 10 nitrogen and oxygen atoms in total. The van der Waals surface area contributed by atoms with Crippen LogP contribution in [0.25, 0.3) is 10.9 Å². The number of para-hydroxylation sites is 1. The number of primary amides is 1. The first-order chi connectivity index (χ1) is 16.1. The third kappa shape index (κ3) is 5.34. The van der Waals surface area contributed by atoms with Crippen molar-refractivity contribution in [3.05, 3.63) is 47.9 Å². The molecule has 1 amide bonds. The Hall–Kier alpha value is -3.51. The van der Waals surface area contributed by atoms with Gasteiger partial charge in [0.1, 0.15) is 5.82 Å². The summed E-state index contributed by atoms with van der Waals surface area (Å²) in [5.41, 5.74) is 12.7. The number of aromatic nitrogens is 2. The van der Waals surface area contributed by atoms with Crippen molar-refractivity contribution in [3.63, 3.8) is 0 Å². The van der Waals surface area contributed by atoms with E-state index in [0.29, 0.717) is 22.3 Å². The third-order valence-corrected chi connectivity index (χ3v) is 6.24. The van der Waals surface area contributed by atoms with Crippen molar-refractivity contribution in [1.82, 2.24) is 9.97 Å². The van der Waals surface area contributed by atoms with Crippen molar-refractivity contribution in [2.45, 2.75) is 37.8 Å². The van der Waals surface area contributed by atoms with E-state index in [-0.39, 0.29) is 29.3 Å². The molecule has 0 aliphatic heterocycles. The van der Waals surface area contributed by atoms with Crippen LogP contribution in [0.4, 0.5) is 27.4 Å². The van der Waals surface area contributed by atoms with Crippen LogP contribution in [0.3, 0.4) is 0 Å². The van der Waals surface area contributed by atoms with Crippen LogP contribution in [0.5, 0.6) is 0 Å². The first-order valence-corrected chi connectivity index (χ1v) is 12.7. The van der Waals surface area contributed by atoms with Gasteiger partial charge < -0.3 is 22.1 Å². The fourth-order valence-corrected chi connectivity index (χ4v) is 4.60. The quantitative estimate of drug-likeness (QED) is 0.339. The van der Waals surface area contributed by atoms with Crippen LogP contribution in [0.1, 0.15) is 36.0 Å². The Kier molecular flexibility index (Phi) is 6.53. The van der Waals surface area contributed by atoms with Crippen molar-refractivity contribution in [1.29, 1.82) is 0 Å². The number of benzene rings is 1. The van der Waals surface area contributed by atoms with Gasteiger partial charge in [-0.25, -0.2) is 17.8 Å². The van der Waals surface area contributed by atoms with E-state index in [9.17, 15) is 17.6 Å². The number of sulfonamides is 1. The van der Waals surface area contributed by atoms with Crippen molar-refractivity contribution < 1.29 is 17.6 Å². The average Bonchev–Trinajstić information content (AvgIpc) is 2.76. The maximum absolute atomic E-state index is 14.7. The molecule has 2 atom stereocenters. The highest BCUT2D eigenvalue weighted by Gasteiger charge is 2.24. The molecule has 1 aliphatic rings. The Labute approximate surface area is 196 Å². The Morgan fingerprint density at radius 2 is 1.94 bits per heavy atom. The fraction of sp³-hybridized carbons (Fsp3) is 0.318. The zero-order chi connectivity index (χ0) is 24.5. The number of nitrogens with zero attached hydrogens (tertiary/aromatic N) is 2. The summed E-state index contributed by atoms with van der Waals surface area (Å²) in [6.07, 6.45) is 6.15. The second kappa shape index (κ2) is 9.39. The van der Waals surface area contributed by atoms with E-state index >= 15 is 0 Å². The summed E-state index contributed by atoms with van der Waals surface area (Å²) in [5, 5.41) is 6.68. The molecule has 12 heteroatoms. The lowest BCUT2D eigenvalue weighted by Crippen LogP contribution is -2.43. The van der Waals surface area contributed by atoms with Gasteiger partial charge in [-0.3, -0.25) is 14.5 Å². The molecule has 2 unspecified atom stereocenters. The van der Waals surface area contributed by atoms with Crippen LogP contribution in [0.15, 0.2) is 36.5 Å². The number of rotatable bonds is 7. The van der Waals surface area contributed by atoms with Crippen LogP contribution in [0.2, 0.25) is 0 Å². The normalized spacial score (nSPS) is 18.4. The number of hydrogen-bond acceptors (Lipinski definition) is 8. The molecule has 0 radical (unpaired) electrons. The lowest BCUT2D eigenvalue weighted by atomic mass is 9.91. The van der Waals surface area contributed by atoms with Gasteiger partial charge in [0.25, 0.3) is 5.91 Å². The first kappa shape index (κ1) is 23.6. The topological polar surface area (TPSA) is 165 Å². The molecule has 0 spiro atoms. The molecule has 1 saturated carbocycles. The standard InChI is InChI=1S/C22H26FN7O3S/c1-34(32,33)30-18-8-4-5-12-9-13(11-26-19(12)18)27-21-14(20(25)31)10-15(23)22(29-21)28-17-7-3-2-6-16(17)24/h4-5,8-11,16-17,30H,2-3,6-7,24H2,1H3,(H2,25,31)(H2,27,28,29). The molecule has 2 aromatic heterocycles. The van der Waals surface area contributed by atoms with Crippen molar-refractivity contribution >= 4 is 49.8 Å². The summed E-state index contributed by atoms with van der Waals surface area (Å²) >= 11 is 0. The van der Waals surface area contributed by atoms with Gasteiger partial charge in [0, 0.05) is 17.5 Å². The highest BCUT2D eigenvalue weighted by molar-refractivity contribution is 7.92. The van der Waals surface area contributed by atoms with Crippen LogP contribution in [-0.2, 0) is 10.0 Å². The maximum Gasteiger partial charge on any atom is 0.252 e. The van der Waals surface area contributed by atoms with Gasteiger partial charge in [0.05, 0.1) is 34.9 Å². The average molecular weight is 488 g/mol. The second-order valence-corrected chi connectivity index (χ2v) is 10.1. The number of carbonyl (C=O) groups is 1. The molecule has 1 fully saturated rings. The lowest BCUT2D eigenvalue weighted by Gasteiger charge is -2.30. The predicted octanol–water partition coefficient (Wildman–Crippen LogP) is 2.66. The van der Waals surface area contributed by atoms with E-state index in [1.165, 1.54) is 6.20 Å². The van der Waals surface area contributed by atoms with Crippen molar-refractivity contribution in [2.24, 2.45) is 11.5 Å². The third-order valence-electron chi connectivity index (χ3n) is 5.65. The molecular weight excluding hydrogens is 461 g/mol. The Bertz CT molecular complexity index is 1350. The minimum Gasteiger partial charge on any atom is -0.365 e. The first-order valence-electron chi connectivity index (χ1n) is 10.8. The Morgan fingerprint density at radius 3 is 2.65 bits per heavy atom. The number of nitrogens with two attached hydrogens (primary N) is 2. The fourth-order valence-electron chi connectivity index (χ4n) is 4.04. The molecule has 180 valence electrons. The van der Waals surface area contributed by atoms with E-state index in [2.05, 4.69) is 25.3 Å². The molecule has 1 aromatic carbocycles. The van der Waals surface area contributed by atoms with Gasteiger partial charge in [0.15, 0.2) is 11.6 Å². The van der Waals surface area contributed by atoms with Gasteiger partial charge in [-0.2, -0.15) is 0 Å². The zero-order valence-electron chi connectivity index (χ0n) is 18.5. The predicted molar refractivity (Wildman–Crippen MR) is 130 cm³/mol. The number of pyridine rings is 2. The van der Waals surface area contributed by atoms with E-state index in [1.54, 1.807) is 24.3 Å². The molecule has 7 N–H and O–H groups in total. The number of hydrogen-bond donors (Lipinski definition) is 5. The molecule has 2 heterocycles. The molecule has 0 bridgehead atoms. The van der Waals surface area contributed by atoms with Crippen molar-refractivity contribution in [3.8, 4) is 0 Å². The summed E-state index contributed by atoms with van der Waals surface area (Å²) in [4.78, 5) is 20.6. The second-order valence-electron chi connectivity index (χ2n) is 8.38. The van der Waals surface area contributed by atoms with Gasteiger partial charge in [0.2, 0.25) is 10.0 Å². The Balaban J connectivity index is 1.67. The SMILES string of the molecule is CS(=O)(=O)Nc1cccc2cc(Nc3nc(NC4CCCCC4N)c(F)cc3C(N)=O)cnc12. The maximum atomic E-state index is 14.7. The Morgan fingerprint density at radius 1 is 1.18 bits per heavy atom. The van der Waals surface area contributed by atoms with E-state index in [0.717, 1.165) is 38.0 Å². The highest BCUT2D eigenvalue weighted by atomic mass is 32.2. The molecule has 34 heavy (non-hydrogen) atoms. The smallest absolute Gasteiger partial charge is 0.252 e. The van der Waals surface area contributed by atoms with Crippen LogP contribution in [0, 0.1) is 5.82 Å². The van der Waals surface area contributed by atoms with Gasteiger partial charge in [-0.1, -0.05) is 25.0 Å². The monoisotopic (exact) mass is 487 g/mol. The number of anilines is 4. The summed E-state index contributed by atoms with van der Waals surface area (Å²) < 4.78 is 40.4. The number of amides is 1. The number of halogens is 1. The molecule has 4 rings (SSSR count). The van der Waals surface area contributed by atoms with Gasteiger partial charge in [-0.05, 0) is 31.0 Å². The van der Waals surface area contributed by atoms with E-state index in [4.69, 9.17) is 11.5 Å². The summed E-state index contributed by atoms with van der Waals surface area (Å²) in [6, 6.07) is 7.53. The molecule has 1 aliphatic carbocycles. The molecular formula is C22H26FN7O3S. The summed E-state index contributed by atoms with van der Waals surface area (Å²) in [6.45, 7) is 0. The largest absolute Gasteiger partial charge is 0.365 e. The van der Waals surface area contributed by atoms with E-state index < -0.39 is 21.7 Å². The van der Waals surface area contributed by atoms with Gasteiger partial charge in [-0.15, -0.1) is 0 Å². The zero-order valence-corrected chi connectivity index (χ0v) is 19.3. The lowest BCUT2D eigenvalue weighted by molar-refractivity contribution is 0.100. The summed E-state index contributed by atoms with van der Waals surface area (Å²) in [5.74, 6) is -1.51. The molecule has 3 aromatic rings. The minimum absolute atomic E-state index is 0.0248. The van der Waals surface area contributed by atoms with E-state index in [1.807, 2.05) is 0 Å². The van der Waals surface area contributed by atoms with Crippen LogP contribution in [-0.4, -0.2) is 42.6 Å². The summed E-state index contributed by atoms with van der Waals surface area (Å²) in [7, 11) is -3.49. The number of nitrogens with one attached hydrogen (secondary N) is 3. The number of carbonyl (C=O) groups excluding carboxylic acids is 1. The minimum atomic E-state index is -3.49. The van der Waals surface area contributed by atoms with Crippen LogP contribution < -0.4 is 26.8 Å².